The summed E-state index contributed by atoms with van der Waals surface area (Å²) in [5.74, 6) is 3.41. The molecular weight excluding hydrogens is 214 g/mol. The molecule has 0 amide bonds. The molecule has 4 heteroatoms. The summed E-state index contributed by atoms with van der Waals surface area (Å²) in [5.41, 5.74) is 0.175. The van der Waals surface area contributed by atoms with Crippen LogP contribution in [0, 0.1) is 11.8 Å². The molecular formula is C13H19N3O. The lowest BCUT2D eigenvalue weighted by atomic mass is 9.80. The summed E-state index contributed by atoms with van der Waals surface area (Å²) in [5, 5.41) is 7.68. The highest BCUT2D eigenvalue weighted by molar-refractivity contribution is 5.16. The fraction of sp³-hybridized carbons (Fsp3) is 0.846. The van der Waals surface area contributed by atoms with Crippen LogP contribution in [0.3, 0.4) is 0 Å². The maximum absolute atomic E-state index is 5.58. The largest absolute Gasteiger partial charge is 0.339 e. The fourth-order valence-corrected chi connectivity index (χ4v) is 3.62. The first kappa shape index (κ1) is 10.1. The van der Waals surface area contributed by atoms with E-state index in [1.165, 1.54) is 32.1 Å². The smallest absolute Gasteiger partial charge is 0.234 e. The van der Waals surface area contributed by atoms with Crippen molar-refractivity contribution in [3.05, 3.63) is 11.7 Å². The summed E-state index contributed by atoms with van der Waals surface area (Å²) in [6, 6.07) is 0. The van der Waals surface area contributed by atoms with Gasteiger partial charge in [0.2, 0.25) is 5.89 Å². The van der Waals surface area contributed by atoms with Crippen LogP contribution in [0.4, 0.5) is 0 Å². The first-order chi connectivity index (χ1) is 8.37. The third-order valence-electron chi connectivity index (χ3n) is 4.85. The molecule has 3 aliphatic rings. The van der Waals surface area contributed by atoms with Crippen LogP contribution in [0.15, 0.2) is 4.52 Å². The van der Waals surface area contributed by atoms with E-state index in [0.717, 1.165) is 43.1 Å². The van der Waals surface area contributed by atoms with E-state index in [4.69, 9.17) is 4.52 Å². The molecule has 3 fully saturated rings. The molecule has 1 saturated heterocycles. The van der Waals surface area contributed by atoms with Crippen molar-refractivity contribution in [2.75, 3.05) is 13.1 Å². The molecule has 4 nitrogen and oxygen atoms in total. The Bertz CT molecular complexity index is 414. The van der Waals surface area contributed by atoms with Crippen molar-refractivity contribution in [2.24, 2.45) is 11.8 Å². The van der Waals surface area contributed by atoms with Gasteiger partial charge in [0.05, 0.1) is 5.41 Å². The Hall–Kier alpha value is -0.900. The molecule has 1 N–H and O–H groups in total. The Morgan fingerprint density at radius 1 is 1.35 bits per heavy atom. The lowest BCUT2D eigenvalue weighted by molar-refractivity contribution is 0.264. The Kier molecular flexibility index (Phi) is 2.10. The minimum atomic E-state index is 0.175. The fourth-order valence-electron chi connectivity index (χ4n) is 3.62. The van der Waals surface area contributed by atoms with Crippen LogP contribution in [0.5, 0.6) is 0 Å². The Morgan fingerprint density at radius 2 is 2.29 bits per heavy atom. The third-order valence-corrected chi connectivity index (χ3v) is 4.85. The number of hydrogen-bond donors (Lipinski definition) is 1. The van der Waals surface area contributed by atoms with Crippen LogP contribution in [-0.4, -0.2) is 23.2 Å². The molecule has 2 atom stereocenters. The highest BCUT2D eigenvalue weighted by Gasteiger charge is 2.51. The average molecular weight is 233 g/mol. The van der Waals surface area contributed by atoms with Gasteiger partial charge in [-0.2, -0.15) is 4.98 Å². The van der Waals surface area contributed by atoms with E-state index in [-0.39, 0.29) is 5.41 Å². The van der Waals surface area contributed by atoms with Gasteiger partial charge in [0.15, 0.2) is 5.82 Å². The van der Waals surface area contributed by atoms with Crippen molar-refractivity contribution in [1.29, 1.82) is 0 Å². The second-order valence-electron chi connectivity index (χ2n) is 6.04. The first-order valence-electron chi connectivity index (χ1n) is 6.91. The second-order valence-corrected chi connectivity index (χ2v) is 6.04. The number of rotatable bonds is 3. The van der Waals surface area contributed by atoms with E-state index < -0.39 is 0 Å². The second kappa shape index (κ2) is 3.55. The van der Waals surface area contributed by atoms with E-state index in [0.29, 0.717) is 0 Å². The molecule has 0 bridgehead atoms. The number of nitrogens with zero attached hydrogens (tertiary/aromatic N) is 2. The van der Waals surface area contributed by atoms with E-state index >= 15 is 0 Å². The van der Waals surface area contributed by atoms with Crippen molar-refractivity contribution in [2.45, 2.75) is 43.9 Å². The van der Waals surface area contributed by atoms with E-state index in [1.807, 2.05) is 0 Å². The van der Waals surface area contributed by atoms with Gasteiger partial charge in [-0.1, -0.05) is 11.6 Å². The predicted molar refractivity (Wildman–Crippen MR) is 62.6 cm³/mol. The van der Waals surface area contributed by atoms with Gasteiger partial charge in [0.25, 0.3) is 0 Å². The molecule has 4 rings (SSSR count). The zero-order valence-electron chi connectivity index (χ0n) is 10.1. The molecule has 2 saturated carbocycles. The normalized spacial score (nSPS) is 36.4. The minimum Gasteiger partial charge on any atom is -0.339 e. The standard InChI is InChI=1S/C13H19N3O/c1-2-10-7-14-8-13(10,5-1)12-15-11(16-17-12)6-9-3-4-9/h9-10,14H,1-8H2/t10-,13-/m1/s1. The van der Waals surface area contributed by atoms with Crippen molar-refractivity contribution < 1.29 is 4.52 Å². The maximum atomic E-state index is 5.58. The van der Waals surface area contributed by atoms with E-state index in [2.05, 4.69) is 15.5 Å². The quantitative estimate of drug-likeness (QED) is 0.862. The van der Waals surface area contributed by atoms with E-state index in [1.54, 1.807) is 0 Å². The Balaban J connectivity index is 1.61. The van der Waals surface area contributed by atoms with Gasteiger partial charge in [-0.15, -0.1) is 0 Å². The maximum Gasteiger partial charge on any atom is 0.234 e. The van der Waals surface area contributed by atoms with Gasteiger partial charge in [-0.3, -0.25) is 0 Å². The summed E-state index contributed by atoms with van der Waals surface area (Å²) >= 11 is 0. The zero-order valence-corrected chi connectivity index (χ0v) is 10.1. The molecule has 0 unspecified atom stereocenters. The van der Waals surface area contributed by atoms with Gasteiger partial charge < -0.3 is 9.84 Å². The number of hydrogen-bond acceptors (Lipinski definition) is 4. The molecule has 92 valence electrons. The van der Waals surface area contributed by atoms with Crippen LogP contribution in [0.2, 0.25) is 0 Å². The lowest BCUT2D eigenvalue weighted by Crippen LogP contribution is -2.31. The molecule has 0 aromatic carbocycles. The van der Waals surface area contributed by atoms with Crippen molar-refractivity contribution in [3.63, 3.8) is 0 Å². The van der Waals surface area contributed by atoms with Gasteiger partial charge in [0.1, 0.15) is 0 Å². The highest BCUT2D eigenvalue weighted by atomic mass is 16.5. The molecule has 0 spiro atoms. The van der Waals surface area contributed by atoms with Crippen molar-refractivity contribution in [1.82, 2.24) is 15.5 Å². The summed E-state index contributed by atoms with van der Waals surface area (Å²) < 4.78 is 5.58. The third kappa shape index (κ3) is 1.53. The summed E-state index contributed by atoms with van der Waals surface area (Å²) in [4.78, 5) is 4.69. The van der Waals surface area contributed by atoms with Crippen LogP contribution in [0.1, 0.15) is 43.8 Å². The van der Waals surface area contributed by atoms with E-state index in [9.17, 15) is 0 Å². The van der Waals surface area contributed by atoms with Gasteiger partial charge in [-0.25, -0.2) is 0 Å². The SMILES string of the molecule is C1C[C@@H]2CNC[C@]2(c2nc(CC3CC3)no2)C1. The van der Waals surface area contributed by atoms with Crippen molar-refractivity contribution in [3.8, 4) is 0 Å². The predicted octanol–water partition coefficient (Wildman–Crippen LogP) is 1.66. The topological polar surface area (TPSA) is 51.0 Å². The average Bonchev–Trinajstić information content (AvgIpc) is 2.76. The molecule has 2 aliphatic carbocycles. The summed E-state index contributed by atoms with van der Waals surface area (Å²) in [6.07, 6.45) is 7.56. The highest BCUT2D eigenvalue weighted by Crippen LogP contribution is 2.47. The lowest BCUT2D eigenvalue weighted by Gasteiger charge is -2.22. The Labute approximate surface area is 101 Å². The van der Waals surface area contributed by atoms with Gasteiger partial charge in [-0.05, 0) is 44.1 Å². The molecule has 1 aromatic rings. The number of nitrogens with one attached hydrogen (secondary N) is 1. The summed E-state index contributed by atoms with van der Waals surface area (Å²) in [7, 11) is 0. The molecule has 1 aliphatic heterocycles. The van der Waals surface area contributed by atoms with Crippen molar-refractivity contribution >= 4 is 0 Å². The molecule has 2 heterocycles. The van der Waals surface area contributed by atoms with Crippen LogP contribution in [0.25, 0.3) is 0 Å². The van der Waals surface area contributed by atoms with Crippen LogP contribution in [-0.2, 0) is 11.8 Å². The van der Waals surface area contributed by atoms with Gasteiger partial charge in [0, 0.05) is 13.0 Å². The molecule has 17 heavy (non-hydrogen) atoms. The minimum absolute atomic E-state index is 0.175. The number of fused-ring (bicyclic) bond motifs is 1. The monoisotopic (exact) mass is 233 g/mol. The first-order valence-corrected chi connectivity index (χ1v) is 6.91. The van der Waals surface area contributed by atoms with Crippen LogP contribution < -0.4 is 5.32 Å². The zero-order chi connectivity index (χ0) is 11.3. The molecule has 1 aromatic heterocycles. The summed E-state index contributed by atoms with van der Waals surface area (Å²) in [6.45, 7) is 2.16. The Morgan fingerprint density at radius 3 is 3.18 bits per heavy atom. The van der Waals surface area contributed by atoms with Gasteiger partial charge >= 0.3 is 0 Å². The number of aromatic nitrogens is 2. The molecule has 0 radical (unpaired) electrons. The van der Waals surface area contributed by atoms with Crippen LogP contribution >= 0.6 is 0 Å².